The number of alkyl halides is 3. The molecule has 3 aliphatic heterocycles. The molecule has 0 spiro atoms. The molecule has 10 nitrogen and oxygen atoms in total. The smallest absolute Gasteiger partial charge is 0.356 e. The summed E-state index contributed by atoms with van der Waals surface area (Å²) in [6, 6.07) is 5.27. The van der Waals surface area contributed by atoms with Gasteiger partial charge in [0.2, 0.25) is 18.2 Å². The molecule has 40 heavy (non-hydrogen) atoms. The number of hydrogen-bond acceptors (Lipinski definition) is 7. The van der Waals surface area contributed by atoms with E-state index in [2.05, 4.69) is 20.5 Å². The number of nitrogens with zero attached hydrogens (tertiary/aromatic N) is 5. The van der Waals surface area contributed by atoms with E-state index in [4.69, 9.17) is 11.6 Å². The Morgan fingerprint density at radius 3 is 2.77 bits per heavy atom. The lowest BCUT2D eigenvalue weighted by Crippen LogP contribution is -2.50. The van der Waals surface area contributed by atoms with Crippen LogP contribution < -0.4 is 10.2 Å². The molecule has 0 aliphatic carbocycles. The quantitative estimate of drug-likeness (QED) is 0.436. The van der Waals surface area contributed by atoms with Gasteiger partial charge in [-0.15, -0.1) is 0 Å². The van der Waals surface area contributed by atoms with Crippen LogP contribution in [-0.2, 0) is 22.6 Å². The average molecular weight is 578 g/mol. The number of rotatable bonds is 4. The van der Waals surface area contributed by atoms with E-state index in [-0.39, 0.29) is 31.3 Å². The minimum Gasteiger partial charge on any atom is -0.356 e. The summed E-state index contributed by atoms with van der Waals surface area (Å²) in [7, 11) is 0. The number of fused-ring (bicyclic) bond motifs is 4. The third-order valence-corrected chi connectivity index (χ3v) is 8.26. The number of hydrogen-bond donors (Lipinski definition) is 3. The second kappa shape index (κ2) is 10.1. The Kier molecular flexibility index (Phi) is 6.73. The molecule has 2 aromatic heterocycles. The number of carbonyl (C=O) groups is 2. The first kappa shape index (κ1) is 26.6. The van der Waals surface area contributed by atoms with Gasteiger partial charge in [-0.2, -0.15) is 18.3 Å². The van der Waals surface area contributed by atoms with Crippen LogP contribution in [0.4, 0.5) is 24.7 Å². The van der Waals surface area contributed by atoms with E-state index in [1.807, 2.05) is 11.0 Å². The topological polar surface area (TPSA) is 118 Å². The van der Waals surface area contributed by atoms with Crippen molar-refractivity contribution in [2.24, 2.45) is 5.92 Å². The normalized spacial score (nSPS) is 21.8. The molecule has 1 fully saturated rings. The van der Waals surface area contributed by atoms with Gasteiger partial charge in [-0.05, 0) is 48.6 Å². The van der Waals surface area contributed by atoms with Gasteiger partial charge in [0, 0.05) is 43.7 Å². The monoisotopic (exact) mass is 577 g/mol. The number of H-pyrrole nitrogens is 1. The second-order valence-electron chi connectivity index (χ2n) is 10.5. The number of aromatic nitrogens is 3. The third-order valence-electron chi connectivity index (χ3n) is 7.96. The van der Waals surface area contributed by atoms with Crippen molar-refractivity contribution in [2.45, 2.75) is 50.8 Å². The number of pyridine rings is 1. The van der Waals surface area contributed by atoms with Crippen molar-refractivity contribution in [3.8, 4) is 0 Å². The van der Waals surface area contributed by atoms with Gasteiger partial charge in [0.15, 0.2) is 5.82 Å². The standard InChI is InChI=1S/C26H27ClF3N7O3/c27-19-9-14-8-15(24(39)36(13-26(28,29)30)12-18(14)17-11-32-34-22(17)19)10-21(38)35-6-3-16(4-7-35)37-20-2-1-5-31-23(20)33-25(37)40/h1-2,5,9,11,15-16,25,40H,3-4,6-8,10,12-13H2,(H,31,33)(H,32,34). The van der Waals surface area contributed by atoms with Crippen LogP contribution in [0, 0.1) is 5.92 Å². The Balaban J connectivity index is 1.18. The summed E-state index contributed by atoms with van der Waals surface area (Å²) in [5.41, 5.74) is 2.47. The van der Waals surface area contributed by atoms with Crippen molar-refractivity contribution in [2.75, 3.05) is 29.9 Å². The predicted octanol–water partition coefficient (Wildman–Crippen LogP) is 3.26. The fraction of sp³-hybridized carbons (Fsp3) is 0.462. The van der Waals surface area contributed by atoms with Crippen LogP contribution in [0.2, 0.25) is 5.02 Å². The molecule has 6 rings (SSSR count). The maximum absolute atomic E-state index is 13.5. The van der Waals surface area contributed by atoms with Gasteiger partial charge < -0.3 is 25.1 Å². The number of aliphatic hydroxyl groups excluding tert-OH is 1. The van der Waals surface area contributed by atoms with Crippen molar-refractivity contribution in [3.05, 3.63) is 46.7 Å². The second-order valence-corrected chi connectivity index (χ2v) is 10.9. The Hall–Kier alpha value is -3.58. The first-order chi connectivity index (χ1) is 19.1. The number of likely N-dealkylation sites (tertiary alicyclic amines) is 1. The molecule has 1 aromatic carbocycles. The van der Waals surface area contributed by atoms with Gasteiger partial charge in [-0.1, -0.05) is 11.6 Å². The summed E-state index contributed by atoms with van der Waals surface area (Å²) < 4.78 is 40.4. The summed E-state index contributed by atoms with van der Waals surface area (Å²) >= 11 is 6.40. The maximum Gasteiger partial charge on any atom is 0.406 e. The highest BCUT2D eigenvalue weighted by Gasteiger charge is 2.40. The molecular weight excluding hydrogens is 551 g/mol. The zero-order valence-corrected chi connectivity index (χ0v) is 22.0. The lowest BCUT2D eigenvalue weighted by Gasteiger charge is -2.39. The number of aromatic amines is 1. The molecule has 0 bridgehead atoms. The van der Waals surface area contributed by atoms with Crippen LogP contribution in [0.3, 0.4) is 0 Å². The minimum atomic E-state index is -4.60. The van der Waals surface area contributed by atoms with E-state index >= 15 is 0 Å². The first-order valence-corrected chi connectivity index (χ1v) is 13.4. The van der Waals surface area contributed by atoms with Crippen molar-refractivity contribution in [3.63, 3.8) is 0 Å². The average Bonchev–Trinajstić information content (AvgIpc) is 3.50. The minimum absolute atomic E-state index is 0.0369. The van der Waals surface area contributed by atoms with Crippen molar-refractivity contribution < 1.29 is 27.9 Å². The number of anilines is 2. The van der Waals surface area contributed by atoms with E-state index in [1.54, 1.807) is 23.2 Å². The molecule has 212 valence electrons. The number of nitrogens with one attached hydrogen (secondary N) is 2. The summed E-state index contributed by atoms with van der Waals surface area (Å²) in [6.07, 6.45) is -1.34. The fourth-order valence-corrected chi connectivity index (χ4v) is 6.39. The lowest BCUT2D eigenvalue weighted by molar-refractivity contribution is -0.165. The molecule has 5 heterocycles. The number of benzene rings is 1. The molecule has 3 N–H and O–H groups in total. The molecule has 2 unspecified atom stereocenters. The Morgan fingerprint density at radius 2 is 2.02 bits per heavy atom. The molecule has 2 amide bonds. The van der Waals surface area contributed by atoms with Gasteiger partial charge in [-0.25, -0.2) is 4.98 Å². The summed E-state index contributed by atoms with van der Waals surface area (Å²) in [6.45, 7) is -0.869. The fourth-order valence-electron chi connectivity index (χ4n) is 6.11. The number of aliphatic hydroxyl groups is 1. The SMILES string of the molecule is O=C(CC1Cc2cc(Cl)c3[nH]ncc3c2CN(CC(F)(F)F)C1=O)N1CCC(N2c3cccnc3NC2O)CC1. The molecule has 2 atom stereocenters. The summed E-state index contributed by atoms with van der Waals surface area (Å²) in [4.78, 5) is 35.3. The number of piperidine rings is 1. The molecule has 3 aromatic rings. The van der Waals surface area contributed by atoms with Crippen LogP contribution >= 0.6 is 11.6 Å². The van der Waals surface area contributed by atoms with Gasteiger partial charge in [-0.3, -0.25) is 14.7 Å². The van der Waals surface area contributed by atoms with E-state index < -0.39 is 30.9 Å². The van der Waals surface area contributed by atoms with E-state index in [9.17, 15) is 27.9 Å². The molecular formula is C26H27ClF3N7O3. The Morgan fingerprint density at radius 1 is 1.25 bits per heavy atom. The van der Waals surface area contributed by atoms with E-state index in [0.29, 0.717) is 58.8 Å². The summed E-state index contributed by atoms with van der Waals surface area (Å²) in [5, 5.41) is 21.1. The van der Waals surface area contributed by atoms with Crippen LogP contribution in [0.15, 0.2) is 30.6 Å². The predicted molar refractivity (Wildman–Crippen MR) is 140 cm³/mol. The number of amides is 2. The van der Waals surface area contributed by atoms with E-state index in [1.165, 1.54) is 6.20 Å². The maximum atomic E-state index is 13.5. The van der Waals surface area contributed by atoms with Gasteiger partial charge in [0.05, 0.1) is 28.3 Å². The van der Waals surface area contributed by atoms with Crippen molar-refractivity contribution in [1.29, 1.82) is 0 Å². The molecule has 14 heteroatoms. The zero-order chi connectivity index (χ0) is 28.2. The van der Waals surface area contributed by atoms with Gasteiger partial charge in [0.1, 0.15) is 6.54 Å². The molecule has 3 aliphatic rings. The van der Waals surface area contributed by atoms with Crippen LogP contribution in [-0.4, -0.2) is 80.1 Å². The molecule has 0 saturated carbocycles. The molecule has 1 saturated heterocycles. The first-order valence-electron chi connectivity index (χ1n) is 13.0. The van der Waals surface area contributed by atoms with E-state index in [0.717, 1.165) is 10.6 Å². The van der Waals surface area contributed by atoms with Crippen LogP contribution in [0.5, 0.6) is 0 Å². The largest absolute Gasteiger partial charge is 0.406 e. The van der Waals surface area contributed by atoms with Crippen LogP contribution in [0.1, 0.15) is 30.4 Å². The van der Waals surface area contributed by atoms with Gasteiger partial charge in [0.25, 0.3) is 0 Å². The summed E-state index contributed by atoms with van der Waals surface area (Å²) in [5.74, 6) is -1.36. The molecule has 0 radical (unpaired) electrons. The Bertz CT molecular complexity index is 1460. The van der Waals surface area contributed by atoms with Crippen molar-refractivity contribution >= 4 is 45.8 Å². The number of carbonyl (C=O) groups excluding carboxylic acids is 2. The van der Waals surface area contributed by atoms with Crippen molar-refractivity contribution in [1.82, 2.24) is 25.0 Å². The highest BCUT2D eigenvalue weighted by molar-refractivity contribution is 6.35. The highest BCUT2D eigenvalue weighted by atomic mass is 35.5. The zero-order valence-electron chi connectivity index (χ0n) is 21.3. The lowest BCUT2D eigenvalue weighted by atomic mass is 9.92. The Labute approximate surface area is 232 Å². The van der Waals surface area contributed by atoms with Gasteiger partial charge >= 0.3 is 6.18 Å². The highest BCUT2D eigenvalue weighted by Crippen LogP contribution is 2.37. The van der Waals surface area contributed by atoms with Crippen LogP contribution in [0.25, 0.3) is 10.9 Å². The number of halogens is 4. The third kappa shape index (κ3) is 4.92.